The third-order valence-corrected chi connectivity index (χ3v) is 0. The summed E-state index contributed by atoms with van der Waals surface area (Å²) in [6.07, 6.45) is 0. The smallest absolute Gasteiger partial charge is 0.850 e. The van der Waals surface area contributed by atoms with Crippen molar-refractivity contribution in [2.24, 2.45) is 0 Å². The van der Waals surface area contributed by atoms with Crippen LogP contribution in [-0.4, -0.2) is 0 Å². The van der Waals surface area contributed by atoms with Gasteiger partial charge in [-0.3, -0.25) is 0 Å². The molecule has 0 amide bonds. The molecule has 4 nitrogen and oxygen atoms in total. The molecule has 0 atom stereocenters. The third-order valence-electron chi connectivity index (χ3n) is 0. The van der Waals surface area contributed by atoms with Gasteiger partial charge < -0.3 is 55.5 Å². The Kier molecular flexibility index (Phi) is 30.9. The van der Waals surface area contributed by atoms with Crippen molar-refractivity contribution in [3.63, 3.8) is 0 Å². The van der Waals surface area contributed by atoms with E-state index in [2.05, 4.69) is 48.1 Å². The maximum atomic E-state index is 9.29. The summed E-state index contributed by atoms with van der Waals surface area (Å²) >= 11 is 14.6. The van der Waals surface area contributed by atoms with Gasteiger partial charge >= 0.3 is 50.3 Å². The molecular weight excluding hydrogens is 431 g/mol. The summed E-state index contributed by atoms with van der Waals surface area (Å²) in [6, 6.07) is 0. The predicted molar refractivity (Wildman–Crippen MR) is 43.3 cm³/mol. The van der Waals surface area contributed by atoms with E-state index in [0.717, 1.165) is 0 Å². The van der Waals surface area contributed by atoms with E-state index in [1.54, 1.807) is 0 Å². The molecule has 0 aromatic heterocycles. The average molecular weight is 431 g/mol. The molecule has 0 saturated carbocycles. The van der Waals surface area contributed by atoms with Gasteiger partial charge in [-0.2, -0.15) is 23.6 Å². The zero-order valence-corrected chi connectivity index (χ0v) is 13.3. The zero-order chi connectivity index (χ0) is 9.00. The first-order valence-corrected chi connectivity index (χ1v) is 8.76. The van der Waals surface area contributed by atoms with Crippen LogP contribution in [0.2, 0.25) is 0 Å². The predicted octanol–water partition coefficient (Wildman–Crippen LogP) is -3.05. The van der Waals surface area contributed by atoms with Crippen LogP contribution >= 0.6 is 11.4 Å². The van der Waals surface area contributed by atoms with Crippen LogP contribution in [0.5, 0.6) is 0 Å². The fourth-order valence-corrected chi connectivity index (χ4v) is 0. The molecule has 0 N–H and O–H groups in total. The second kappa shape index (κ2) is 13.4. The molecule has 0 aromatic carbocycles. The van der Waals surface area contributed by atoms with Crippen molar-refractivity contribution in [2.75, 3.05) is 0 Å². The SMILES string of the molecule is [Co+2].[Co+2].[Co+2].[O-]P([O-])(=S)[S-].[O-]P([O-])(=S)[S-]. The van der Waals surface area contributed by atoms with Crippen molar-refractivity contribution in [1.82, 2.24) is 0 Å². The number of hydrogen-bond acceptors (Lipinski definition) is 8. The van der Waals surface area contributed by atoms with E-state index in [9.17, 15) is 19.6 Å². The Morgan fingerprint density at radius 3 is 0.692 bits per heavy atom. The third kappa shape index (κ3) is 243. The van der Waals surface area contributed by atoms with Crippen LogP contribution in [-0.2, 0) is 98.4 Å². The van der Waals surface area contributed by atoms with E-state index in [1.165, 1.54) is 0 Å². The summed E-state index contributed by atoms with van der Waals surface area (Å²) in [5.41, 5.74) is -7.44. The molecule has 0 unspecified atom stereocenters. The van der Waals surface area contributed by atoms with Crippen molar-refractivity contribution in [2.45, 2.75) is 0 Å². The monoisotopic (exact) mass is 431 g/mol. The van der Waals surface area contributed by atoms with E-state index in [4.69, 9.17) is 0 Å². The van der Waals surface area contributed by atoms with Crippen molar-refractivity contribution in [3.8, 4) is 0 Å². The fraction of sp³-hybridized carbons (Fsp3) is 0. The van der Waals surface area contributed by atoms with Crippen molar-refractivity contribution >= 4 is 59.5 Å². The van der Waals surface area contributed by atoms with Crippen molar-refractivity contribution in [3.05, 3.63) is 0 Å². The van der Waals surface area contributed by atoms with E-state index in [1.807, 2.05) is 0 Å². The molecular formula is Co3O4P2S4. The molecule has 0 aliphatic rings. The summed E-state index contributed by atoms with van der Waals surface area (Å²) in [6.45, 7) is 0. The van der Waals surface area contributed by atoms with Crippen LogP contribution in [0.4, 0.5) is 0 Å². The Morgan fingerprint density at radius 1 is 0.692 bits per heavy atom. The standard InChI is InChI=1S/3Co.2H3O2PS2/c;;;2*1-3(2,4)5/h;;;2*(H3,1,2,4,5)/q3*+2;;/p-6. The largest absolute Gasteiger partial charge is 2.00 e. The summed E-state index contributed by atoms with van der Waals surface area (Å²) in [7, 11) is 0. The van der Waals surface area contributed by atoms with Crippen LogP contribution in [0.15, 0.2) is 0 Å². The van der Waals surface area contributed by atoms with Gasteiger partial charge in [-0.25, -0.2) is 0 Å². The average Bonchev–Trinajstić information content (AvgIpc) is 1.12. The molecule has 0 aliphatic carbocycles. The van der Waals surface area contributed by atoms with Gasteiger partial charge in [0.1, 0.15) is 0 Å². The van der Waals surface area contributed by atoms with E-state index < -0.39 is 11.4 Å². The Morgan fingerprint density at radius 2 is 0.692 bits per heavy atom. The minimum atomic E-state index is -3.72. The van der Waals surface area contributed by atoms with Gasteiger partial charge in [0.05, 0.1) is 0 Å². The van der Waals surface area contributed by atoms with E-state index in [0.29, 0.717) is 0 Å². The first-order chi connectivity index (χ1) is 4.00. The topological polar surface area (TPSA) is 92.2 Å². The molecule has 0 aromatic rings. The first-order valence-electron chi connectivity index (χ1n) is 1.46. The minimum Gasteiger partial charge on any atom is -0.850 e. The van der Waals surface area contributed by atoms with Gasteiger partial charge in [0.15, 0.2) is 0 Å². The molecule has 85 valence electrons. The maximum absolute atomic E-state index is 9.29. The summed E-state index contributed by atoms with van der Waals surface area (Å²) in [5.74, 6) is 0. The van der Waals surface area contributed by atoms with Crippen LogP contribution in [0, 0.1) is 0 Å². The maximum Gasteiger partial charge on any atom is 2.00 e. The first kappa shape index (κ1) is 29.9. The fourth-order valence-electron chi connectivity index (χ4n) is 0. The second-order valence-electron chi connectivity index (χ2n) is 0.894. The van der Waals surface area contributed by atoms with Crippen LogP contribution in [0.25, 0.3) is 0 Å². The molecule has 0 fully saturated rings. The summed E-state index contributed by atoms with van der Waals surface area (Å²) in [5, 5.41) is 0. The van der Waals surface area contributed by atoms with Gasteiger partial charge in [-0.05, 0) is 0 Å². The molecule has 3 radical (unpaired) electrons. The van der Waals surface area contributed by atoms with Crippen LogP contribution in [0.1, 0.15) is 0 Å². The van der Waals surface area contributed by atoms with Crippen molar-refractivity contribution < 1.29 is 69.9 Å². The van der Waals surface area contributed by atoms with Gasteiger partial charge in [0.25, 0.3) is 0 Å². The van der Waals surface area contributed by atoms with E-state index in [-0.39, 0.29) is 50.3 Å². The molecule has 13 heteroatoms. The second-order valence-corrected chi connectivity index (χ2v) is 9.84. The Bertz CT molecular complexity index is 138. The quantitative estimate of drug-likeness (QED) is 0.295. The molecule has 0 aliphatic heterocycles. The molecule has 0 heterocycles. The molecule has 0 spiro atoms. The van der Waals surface area contributed by atoms with Crippen LogP contribution in [0.3, 0.4) is 0 Å². The Labute approximate surface area is 128 Å². The number of hydrogen-bond donors (Lipinski definition) is 0. The Hall–Kier alpha value is 3.36. The summed E-state index contributed by atoms with van der Waals surface area (Å²) < 4.78 is 0. The molecule has 0 rings (SSSR count). The number of rotatable bonds is 0. The molecule has 0 bridgehead atoms. The minimum absolute atomic E-state index is 0. The van der Waals surface area contributed by atoms with Gasteiger partial charge in [-0.1, -0.05) is 0 Å². The normalized spacial score (nSPS) is 9.08. The Balaban J connectivity index is -0.0000000267. The van der Waals surface area contributed by atoms with Gasteiger partial charge in [-0.15, -0.1) is 0 Å². The van der Waals surface area contributed by atoms with E-state index >= 15 is 0 Å². The zero-order valence-electron chi connectivity index (χ0n) is 5.16. The molecule has 0 saturated heterocycles. The summed E-state index contributed by atoms with van der Waals surface area (Å²) in [4.78, 5) is 37.2. The molecule has 13 heavy (non-hydrogen) atoms. The van der Waals surface area contributed by atoms with Crippen molar-refractivity contribution in [1.29, 1.82) is 0 Å². The van der Waals surface area contributed by atoms with Crippen LogP contribution < -0.4 is 19.6 Å². The van der Waals surface area contributed by atoms with Gasteiger partial charge in [0, 0.05) is 0 Å². The van der Waals surface area contributed by atoms with Gasteiger partial charge in [0.2, 0.25) is 0 Å².